The van der Waals surface area contributed by atoms with E-state index in [-0.39, 0.29) is 0 Å². The number of fused-ring (bicyclic) bond motifs is 1. The molecule has 126 valence electrons. The summed E-state index contributed by atoms with van der Waals surface area (Å²) in [6.07, 6.45) is 6.99. The van der Waals surface area contributed by atoms with E-state index in [4.69, 9.17) is 10.1 Å². The Morgan fingerprint density at radius 1 is 1.12 bits per heavy atom. The van der Waals surface area contributed by atoms with E-state index in [0.29, 0.717) is 11.8 Å². The van der Waals surface area contributed by atoms with Crippen molar-refractivity contribution in [2.75, 3.05) is 0 Å². The minimum atomic E-state index is 0.476. The van der Waals surface area contributed by atoms with Crippen LogP contribution in [-0.2, 0) is 21.1 Å². The third kappa shape index (κ3) is 2.26. The van der Waals surface area contributed by atoms with Gasteiger partial charge in [-0.1, -0.05) is 0 Å². The van der Waals surface area contributed by atoms with E-state index < -0.39 is 0 Å². The first kappa shape index (κ1) is 14.4. The lowest BCUT2D eigenvalue weighted by Crippen LogP contribution is -1.97. The van der Waals surface area contributed by atoms with Crippen molar-refractivity contribution >= 4 is 11.2 Å². The van der Waals surface area contributed by atoms with Gasteiger partial charge in [0.1, 0.15) is 5.52 Å². The van der Waals surface area contributed by atoms with Gasteiger partial charge in [0.05, 0.1) is 29.6 Å². The second kappa shape index (κ2) is 5.02. The van der Waals surface area contributed by atoms with E-state index in [1.165, 1.54) is 5.56 Å². The zero-order chi connectivity index (χ0) is 17.1. The number of hydrogen-bond acceptors (Lipinski definition) is 4. The standard InChI is InChI=1S/C18H19N7/c1-23-10-19-15-5-4-14(21-18(15)23)17-7-16(22-25(17)3)13-6-12(13)11-8-20-24(2)9-11/h4-5,7-10,12-13H,6H2,1-3H3. The maximum absolute atomic E-state index is 4.77. The van der Waals surface area contributed by atoms with Crippen molar-refractivity contribution in [1.29, 1.82) is 0 Å². The molecule has 2 unspecified atom stereocenters. The van der Waals surface area contributed by atoms with Gasteiger partial charge in [0.25, 0.3) is 0 Å². The molecule has 0 N–H and O–H groups in total. The number of aromatic nitrogens is 7. The highest BCUT2D eigenvalue weighted by molar-refractivity contribution is 5.74. The molecule has 4 aromatic heterocycles. The zero-order valence-corrected chi connectivity index (χ0v) is 14.5. The van der Waals surface area contributed by atoms with Crippen LogP contribution in [0.5, 0.6) is 0 Å². The summed E-state index contributed by atoms with van der Waals surface area (Å²) >= 11 is 0. The topological polar surface area (TPSA) is 66.3 Å². The fourth-order valence-corrected chi connectivity index (χ4v) is 3.58. The summed E-state index contributed by atoms with van der Waals surface area (Å²) in [6.45, 7) is 0. The first-order chi connectivity index (χ1) is 12.1. The van der Waals surface area contributed by atoms with Gasteiger partial charge < -0.3 is 4.57 Å². The first-order valence-electron chi connectivity index (χ1n) is 8.41. The van der Waals surface area contributed by atoms with Gasteiger partial charge >= 0.3 is 0 Å². The van der Waals surface area contributed by atoms with Crippen molar-refractivity contribution in [3.05, 3.63) is 48.2 Å². The Kier molecular flexibility index (Phi) is 2.89. The molecular formula is C18H19N7. The molecule has 0 radical (unpaired) electrons. The molecule has 0 bridgehead atoms. The van der Waals surface area contributed by atoms with E-state index in [9.17, 15) is 0 Å². The van der Waals surface area contributed by atoms with Crippen LogP contribution >= 0.6 is 0 Å². The molecule has 1 aliphatic rings. The van der Waals surface area contributed by atoms with Crippen LogP contribution in [0.1, 0.15) is 29.5 Å². The van der Waals surface area contributed by atoms with Crippen LogP contribution in [0.4, 0.5) is 0 Å². The van der Waals surface area contributed by atoms with Gasteiger partial charge in [-0.2, -0.15) is 10.2 Å². The lowest BCUT2D eigenvalue weighted by Gasteiger charge is -2.01. The Balaban J connectivity index is 1.48. The lowest BCUT2D eigenvalue weighted by atomic mass is 10.1. The van der Waals surface area contributed by atoms with E-state index in [2.05, 4.69) is 22.3 Å². The van der Waals surface area contributed by atoms with E-state index in [1.807, 2.05) is 53.4 Å². The molecule has 0 saturated heterocycles. The van der Waals surface area contributed by atoms with Gasteiger partial charge in [-0.25, -0.2) is 9.97 Å². The van der Waals surface area contributed by atoms with Crippen LogP contribution < -0.4 is 0 Å². The normalized spacial score (nSPS) is 19.6. The summed E-state index contributed by atoms with van der Waals surface area (Å²) in [6, 6.07) is 6.20. The van der Waals surface area contributed by atoms with Crippen LogP contribution in [-0.4, -0.2) is 34.1 Å². The van der Waals surface area contributed by atoms with Crippen molar-refractivity contribution in [3.8, 4) is 11.4 Å². The number of rotatable bonds is 3. The van der Waals surface area contributed by atoms with Crippen LogP contribution in [0, 0.1) is 0 Å². The minimum absolute atomic E-state index is 0.476. The van der Waals surface area contributed by atoms with Crippen molar-refractivity contribution in [3.63, 3.8) is 0 Å². The molecule has 2 atom stereocenters. The van der Waals surface area contributed by atoms with Gasteiger partial charge in [0.15, 0.2) is 5.65 Å². The van der Waals surface area contributed by atoms with Crippen LogP contribution in [0.25, 0.3) is 22.6 Å². The molecule has 4 heterocycles. The van der Waals surface area contributed by atoms with Gasteiger partial charge in [-0.15, -0.1) is 0 Å². The number of pyridine rings is 1. The Morgan fingerprint density at radius 3 is 2.80 bits per heavy atom. The molecule has 0 amide bonds. The van der Waals surface area contributed by atoms with Gasteiger partial charge in [-0.3, -0.25) is 9.36 Å². The van der Waals surface area contributed by atoms with Crippen LogP contribution in [0.15, 0.2) is 36.9 Å². The molecule has 1 fully saturated rings. The zero-order valence-electron chi connectivity index (χ0n) is 14.5. The Labute approximate surface area is 144 Å². The number of aryl methyl sites for hydroxylation is 3. The van der Waals surface area contributed by atoms with Crippen molar-refractivity contribution in [1.82, 2.24) is 34.1 Å². The second-order valence-corrected chi connectivity index (χ2v) is 6.87. The Hall–Kier alpha value is -2.96. The maximum Gasteiger partial charge on any atom is 0.160 e. The fraction of sp³-hybridized carbons (Fsp3) is 0.333. The number of nitrogens with zero attached hydrogens (tertiary/aromatic N) is 7. The highest BCUT2D eigenvalue weighted by Gasteiger charge is 2.42. The minimum Gasteiger partial charge on any atom is -0.318 e. The average Bonchev–Trinajstić information content (AvgIpc) is 2.91. The average molecular weight is 333 g/mol. The molecule has 1 aliphatic carbocycles. The smallest absolute Gasteiger partial charge is 0.160 e. The van der Waals surface area contributed by atoms with E-state index >= 15 is 0 Å². The van der Waals surface area contributed by atoms with Gasteiger partial charge in [-0.05, 0) is 36.1 Å². The van der Waals surface area contributed by atoms with Crippen LogP contribution in [0.2, 0.25) is 0 Å². The van der Waals surface area contributed by atoms with Gasteiger partial charge in [0, 0.05) is 33.3 Å². The molecular weight excluding hydrogens is 314 g/mol. The van der Waals surface area contributed by atoms with E-state index in [1.54, 1.807) is 6.33 Å². The second-order valence-electron chi connectivity index (χ2n) is 6.87. The summed E-state index contributed by atoms with van der Waals surface area (Å²) in [5, 5.41) is 9.03. The molecule has 5 rings (SSSR count). The molecule has 0 aromatic carbocycles. The maximum atomic E-state index is 4.77. The summed E-state index contributed by atoms with van der Waals surface area (Å²) in [5.74, 6) is 1.01. The molecule has 25 heavy (non-hydrogen) atoms. The van der Waals surface area contributed by atoms with Crippen molar-refractivity contribution in [2.24, 2.45) is 21.1 Å². The highest BCUT2D eigenvalue weighted by Crippen LogP contribution is 2.54. The largest absolute Gasteiger partial charge is 0.318 e. The summed E-state index contributed by atoms with van der Waals surface area (Å²) in [4.78, 5) is 9.10. The molecule has 7 heteroatoms. The molecule has 0 aliphatic heterocycles. The van der Waals surface area contributed by atoms with Crippen molar-refractivity contribution < 1.29 is 0 Å². The predicted molar refractivity (Wildman–Crippen MR) is 94.0 cm³/mol. The van der Waals surface area contributed by atoms with Crippen LogP contribution in [0.3, 0.4) is 0 Å². The lowest BCUT2D eigenvalue weighted by molar-refractivity contribution is 0.745. The fourth-order valence-electron chi connectivity index (χ4n) is 3.58. The molecule has 0 spiro atoms. The van der Waals surface area contributed by atoms with Crippen molar-refractivity contribution in [2.45, 2.75) is 18.3 Å². The SMILES string of the molecule is Cn1cc(C2CC2c2cc(-c3ccc4ncn(C)c4n3)n(C)n2)cn1. The molecule has 7 nitrogen and oxygen atoms in total. The monoisotopic (exact) mass is 333 g/mol. The summed E-state index contributed by atoms with van der Waals surface area (Å²) in [5.41, 5.74) is 6.20. The summed E-state index contributed by atoms with van der Waals surface area (Å²) < 4.78 is 5.73. The summed E-state index contributed by atoms with van der Waals surface area (Å²) in [7, 11) is 5.90. The third-order valence-corrected chi connectivity index (χ3v) is 5.04. The Bertz CT molecular complexity index is 1080. The molecule has 1 saturated carbocycles. The predicted octanol–water partition coefficient (Wildman–Crippen LogP) is 2.37. The third-order valence-electron chi connectivity index (χ3n) is 5.04. The first-order valence-corrected chi connectivity index (χ1v) is 8.41. The number of imidazole rings is 1. The molecule has 4 aromatic rings. The van der Waals surface area contributed by atoms with E-state index in [0.717, 1.165) is 34.7 Å². The quantitative estimate of drug-likeness (QED) is 0.577. The highest BCUT2D eigenvalue weighted by atomic mass is 15.3. The van der Waals surface area contributed by atoms with Gasteiger partial charge in [0.2, 0.25) is 0 Å². The Morgan fingerprint density at radius 2 is 2.00 bits per heavy atom. The number of hydrogen-bond donors (Lipinski definition) is 0.